The summed E-state index contributed by atoms with van der Waals surface area (Å²) >= 11 is 0. The lowest BCUT2D eigenvalue weighted by atomic mass is 9.82. The molecule has 84 valence electrons. The zero-order valence-electron chi connectivity index (χ0n) is 9.58. The zero-order chi connectivity index (χ0) is 11.5. The molecule has 0 bridgehead atoms. The van der Waals surface area contributed by atoms with E-state index in [2.05, 4.69) is 0 Å². The highest BCUT2D eigenvalue weighted by molar-refractivity contribution is 5.42. The number of aliphatic hydroxyl groups is 1. The van der Waals surface area contributed by atoms with Crippen molar-refractivity contribution in [3.8, 4) is 5.75 Å². The van der Waals surface area contributed by atoms with Gasteiger partial charge < -0.3 is 15.6 Å². The van der Waals surface area contributed by atoms with Crippen molar-refractivity contribution in [3.63, 3.8) is 0 Å². The van der Waals surface area contributed by atoms with Gasteiger partial charge in [0, 0.05) is 17.5 Å². The van der Waals surface area contributed by atoms with Crippen LogP contribution in [-0.4, -0.2) is 25.4 Å². The van der Waals surface area contributed by atoms with Crippen LogP contribution in [-0.2, 0) is 5.41 Å². The highest BCUT2D eigenvalue weighted by Crippen LogP contribution is 2.31. The van der Waals surface area contributed by atoms with Crippen LogP contribution >= 0.6 is 0 Å². The van der Waals surface area contributed by atoms with E-state index in [1.165, 1.54) is 0 Å². The number of aryl methyl sites for hydroxylation is 1. The number of hydrogen-bond donors (Lipinski definition) is 2. The van der Waals surface area contributed by atoms with E-state index in [0.29, 0.717) is 6.54 Å². The Kier molecular flexibility index (Phi) is 3.72. The molecule has 0 aromatic heterocycles. The van der Waals surface area contributed by atoms with Crippen molar-refractivity contribution in [2.24, 2.45) is 5.73 Å². The first-order chi connectivity index (χ1) is 7.07. The number of rotatable bonds is 4. The topological polar surface area (TPSA) is 55.5 Å². The molecule has 0 aliphatic rings. The Morgan fingerprint density at radius 1 is 1.47 bits per heavy atom. The standard InChI is InChI=1S/C12H19NO2/c1-9-4-5-11(15-3)10(6-9)12(2,7-13)8-14/h4-6,14H,7-8,13H2,1-3H3. The molecule has 1 rings (SSSR count). The molecule has 3 N–H and O–H groups in total. The van der Waals surface area contributed by atoms with Gasteiger partial charge in [0.1, 0.15) is 5.75 Å². The molecular weight excluding hydrogens is 190 g/mol. The number of methoxy groups -OCH3 is 1. The molecular formula is C12H19NO2. The van der Waals surface area contributed by atoms with E-state index < -0.39 is 5.41 Å². The van der Waals surface area contributed by atoms with Gasteiger partial charge in [-0.1, -0.05) is 24.6 Å². The van der Waals surface area contributed by atoms with Gasteiger partial charge >= 0.3 is 0 Å². The third-order valence-corrected chi connectivity index (χ3v) is 2.80. The zero-order valence-corrected chi connectivity index (χ0v) is 9.58. The van der Waals surface area contributed by atoms with Crippen LogP contribution in [0.2, 0.25) is 0 Å². The summed E-state index contributed by atoms with van der Waals surface area (Å²) in [5, 5.41) is 9.41. The van der Waals surface area contributed by atoms with E-state index in [4.69, 9.17) is 10.5 Å². The van der Waals surface area contributed by atoms with E-state index in [9.17, 15) is 5.11 Å². The number of ether oxygens (including phenoxy) is 1. The second-order valence-corrected chi connectivity index (χ2v) is 4.13. The van der Waals surface area contributed by atoms with Crippen LogP contribution in [0.15, 0.2) is 18.2 Å². The van der Waals surface area contributed by atoms with Crippen molar-refractivity contribution in [1.29, 1.82) is 0 Å². The number of aliphatic hydroxyl groups excluding tert-OH is 1. The van der Waals surface area contributed by atoms with E-state index in [1.54, 1.807) is 7.11 Å². The van der Waals surface area contributed by atoms with E-state index in [-0.39, 0.29) is 6.61 Å². The second kappa shape index (κ2) is 4.64. The first-order valence-electron chi connectivity index (χ1n) is 5.03. The quantitative estimate of drug-likeness (QED) is 0.783. The Morgan fingerprint density at radius 3 is 2.60 bits per heavy atom. The first-order valence-corrected chi connectivity index (χ1v) is 5.03. The van der Waals surface area contributed by atoms with Gasteiger partial charge in [-0.15, -0.1) is 0 Å². The van der Waals surface area contributed by atoms with Crippen molar-refractivity contribution in [3.05, 3.63) is 29.3 Å². The van der Waals surface area contributed by atoms with Crippen molar-refractivity contribution < 1.29 is 9.84 Å². The third kappa shape index (κ3) is 2.30. The third-order valence-electron chi connectivity index (χ3n) is 2.80. The summed E-state index contributed by atoms with van der Waals surface area (Å²) < 4.78 is 5.28. The SMILES string of the molecule is COc1ccc(C)cc1C(C)(CN)CO. The molecule has 0 heterocycles. The minimum absolute atomic E-state index is 0.0172. The molecule has 15 heavy (non-hydrogen) atoms. The second-order valence-electron chi connectivity index (χ2n) is 4.13. The molecule has 0 amide bonds. The Bertz CT molecular complexity index is 332. The molecule has 0 spiro atoms. The lowest BCUT2D eigenvalue weighted by molar-refractivity contribution is 0.206. The number of benzene rings is 1. The summed E-state index contributed by atoms with van der Waals surface area (Å²) in [6, 6.07) is 5.91. The van der Waals surface area contributed by atoms with E-state index in [1.807, 2.05) is 32.0 Å². The van der Waals surface area contributed by atoms with Crippen LogP contribution < -0.4 is 10.5 Å². The minimum Gasteiger partial charge on any atom is -0.496 e. The summed E-state index contributed by atoms with van der Waals surface area (Å²) in [6.45, 7) is 4.36. The van der Waals surface area contributed by atoms with Crippen LogP contribution in [0.3, 0.4) is 0 Å². The molecule has 0 saturated heterocycles. The average molecular weight is 209 g/mol. The highest BCUT2D eigenvalue weighted by atomic mass is 16.5. The van der Waals surface area contributed by atoms with Crippen molar-refractivity contribution in [1.82, 2.24) is 0 Å². The van der Waals surface area contributed by atoms with Gasteiger partial charge in [-0.05, 0) is 13.0 Å². The predicted molar refractivity (Wildman–Crippen MR) is 61.2 cm³/mol. The maximum absolute atomic E-state index is 9.41. The van der Waals surface area contributed by atoms with Crippen LogP contribution in [0.4, 0.5) is 0 Å². The van der Waals surface area contributed by atoms with Crippen LogP contribution in [0.25, 0.3) is 0 Å². The van der Waals surface area contributed by atoms with Gasteiger partial charge in [0.2, 0.25) is 0 Å². The first kappa shape index (κ1) is 12.0. The summed E-state index contributed by atoms with van der Waals surface area (Å²) in [6.07, 6.45) is 0. The summed E-state index contributed by atoms with van der Waals surface area (Å²) in [7, 11) is 1.63. The highest BCUT2D eigenvalue weighted by Gasteiger charge is 2.27. The monoisotopic (exact) mass is 209 g/mol. The molecule has 1 unspecified atom stereocenters. The van der Waals surface area contributed by atoms with Crippen molar-refractivity contribution in [2.75, 3.05) is 20.3 Å². The van der Waals surface area contributed by atoms with Gasteiger partial charge in [0.15, 0.2) is 0 Å². The lowest BCUT2D eigenvalue weighted by Crippen LogP contribution is -2.36. The molecule has 1 atom stereocenters. The molecule has 0 aliphatic heterocycles. The smallest absolute Gasteiger partial charge is 0.122 e. The van der Waals surface area contributed by atoms with E-state index >= 15 is 0 Å². The fourth-order valence-electron chi connectivity index (χ4n) is 1.55. The Morgan fingerprint density at radius 2 is 2.13 bits per heavy atom. The molecule has 3 heteroatoms. The normalized spacial score (nSPS) is 14.7. The summed E-state index contributed by atoms with van der Waals surface area (Å²) in [4.78, 5) is 0. The van der Waals surface area contributed by atoms with Crippen molar-refractivity contribution >= 4 is 0 Å². The summed E-state index contributed by atoms with van der Waals surface area (Å²) in [5.41, 5.74) is 7.38. The molecule has 0 aliphatic carbocycles. The van der Waals surface area contributed by atoms with E-state index in [0.717, 1.165) is 16.9 Å². The largest absolute Gasteiger partial charge is 0.496 e. The van der Waals surface area contributed by atoms with Gasteiger partial charge in [0.05, 0.1) is 13.7 Å². The average Bonchev–Trinajstić information content (AvgIpc) is 2.28. The maximum Gasteiger partial charge on any atom is 0.122 e. The summed E-state index contributed by atoms with van der Waals surface area (Å²) in [5.74, 6) is 0.780. The van der Waals surface area contributed by atoms with Crippen LogP contribution in [0, 0.1) is 6.92 Å². The van der Waals surface area contributed by atoms with Crippen LogP contribution in [0.1, 0.15) is 18.1 Å². The van der Waals surface area contributed by atoms with Gasteiger partial charge in [-0.2, -0.15) is 0 Å². The lowest BCUT2D eigenvalue weighted by Gasteiger charge is -2.28. The van der Waals surface area contributed by atoms with Gasteiger partial charge in [-0.3, -0.25) is 0 Å². The molecule has 0 fully saturated rings. The molecule has 1 aromatic carbocycles. The predicted octanol–water partition coefficient (Wildman–Crippen LogP) is 1.21. The van der Waals surface area contributed by atoms with Crippen molar-refractivity contribution in [2.45, 2.75) is 19.3 Å². The Labute approximate surface area is 90.9 Å². The Hall–Kier alpha value is -1.06. The number of nitrogens with two attached hydrogens (primary N) is 1. The molecule has 0 radical (unpaired) electrons. The molecule has 1 aromatic rings. The maximum atomic E-state index is 9.41. The Balaban J connectivity index is 3.26. The van der Waals surface area contributed by atoms with Crippen LogP contribution in [0.5, 0.6) is 5.75 Å². The van der Waals surface area contributed by atoms with Gasteiger partial charge in [-0.25, -0.2) is 0 Å². The number of hydrogen-bond acceptors (Lipinski definition) is 3. The van der Waals surface area contributed by atoms with Gasteiger partial charge in [0.25, 0.3) is 0 Å². The fourth-order valence-corrected chi connectivity index (χ4v) is 1.55. The molecule has 0 saturated carbocycles. The minimum atomic E-state index is -0.433. The molecule has 3 nitrogen and oxygen atoms in total. The fraction of sp³-hybridized carbons (Fsp3) is 0.500.